The van der Waals surface area contributed by atoms with E-state index < -0.39 is 14.9 Å². The number of aromatic nitrogens is 1. The van der Waals surface area contributed by atoms with Gasteiger partial charge in [-0.25, -0.2) is 8.42 Å². The van der Waals surface area contributed by atoms with Crippen molar-refractivity contribution in [2.24, 2.45) is 0 Å². The molecule has 10 heteroatoms. The molecule has 0 aliphatic heterocycles. The first-order valence-corrected chi connectivity index (χ1v) is 8.97. The van der Waals surface area contributed by atoms with Gasteiger partial charge >= 0.3 is 4.87 Å². The van der Waals surface area contributed by atoms with Gasteiger partial charge in [-0.15, -0.1) is 0 Å². The van der Waals surface area contributed by atoms with Crippen molar-refractivity contribution in [2.75, 3.05) is 11.8 Å². The first kappa shape index (κ1) is 16.3. The van der Waals surface area contributed by atoms with Crippen LogP contribution >= 0.6 is 38.9 Å². The molecule has 0 spiro atoms. The number of H-pyrrole nitrogens is 1. The van der Waals surface area contributed by atoms with Crippen LogP contribution in [0.15, 0.2) is 25.6 Å². The summed E-state index contributed by atoms with van der Waals surface area (Å²) in [5, 5.41) is 0.333. The maximum Gasteiger partial charge on any atom is 0.306 e. The Labute approximate surface area is 138 Å². The lowest BCUT2D eigenvalue weighted by Gasteiger charge is -2.13. The molecule has 1 aromatic carbocycles. The zero-order chi connectivity index (χ0) is 15.8. The number of aryl methyl sites for hydroxylation is 1. The Morgan fingerprint density at radius 3 is 2.62 bits per heavy atom. The number of ether oxygens (including phenoxy) is 1. The van der Waals surface area contributed by atoms with E-state index in [2.05, 4.69) is 25.6 Å². The predicted molar refractivity (Wildman–Crippen MR) is 86.2 cm³/mol. The Morgan fingerprint density at radius 2 is 2.10 bits per heavy atom. The smallest absolute Gasteiger partial charge is 0.306 e. The summed E-state index contributed by atoms with van der Waals surface area (Å²) in [6.45, 7) is 1.51. The number of nitrogens with one attached hydrogen (secondary N) is 2. The van der Waals surface area contributed by atoms with Crippen LogP contribution in [-0.4, -0.2) is 20.5 Å². The highest BCUT2D eigenvalue weighted by Crippen LogP contribution is 2.37. The van der Waals surface area contributed by atoms with Crippen molar-refractivity contribution in [3.63, 3.8) is 0 Å². The van der Waals surface area contributed by atoms with Crippen LogP contribution in [0.5, 0.6) is 5.75 Å². The van der Waals surface area contributed by atoms with E-state index in [1.807, 2.05) is 0 Å². The van der Waals surface area contributed by atoms with Crippen LogP contribution in [0.2, 0.25) is 5.02 Å². The summed E-state index contributed by atoms with van der Waals surface area (Å²) in [6.07, 6.45) is 0. The molecule has 2 N–H and O–H groups in total. The van der Waals surface area contributed by atoms with Crippen molar-refractivity contribution >= 4 is 54.6 Å². The van der Waals surface area contributed by atoms with Gasteiger partial charge in [0.2, 0.25) is 0 Å². The number of hydrogen-bond donors (Lipinski definition) is 2. The molecule has 2 aromatic rings. The summed E-state index contributed by atoms with van der Waals surface area (Å²) in [5.41, 5.74) is 0.453. The molecule has 0 aliphatic rings. The standard InChI is InChI=1S/C11H10BrClN2O4S2/c1-5-10(20-11(16)14-5)21(17,18)15-8-4-6(13)3-7(12)9(8)19-2/h3-4,15H,1-2H3,(H,14,16). The number of hydrogen-bond acceptors (Lipinski definition) is 5. The quantitative estimate of drug-likeness (QED) is 0.806. The third-order valence-corrected chi connectivity index (χ3v) is 6.26. The lowest BCUT2D eigenvalue weighted by molar-refractivity contribution is 0.414. The van der Waals surface area contributed by atoms with E-state index in [1.165, 1.54) is 20.1 Å². The molecule has 1 heterocycles. The Kier molecular flexibility index (Phi) is 4.66. The minimum Gasteiger partial charge on any atom is -0.493 e. The summed E-state index contributed by atoms with van der Waals surface area (Å²) < 4.78 is 32.7. The highest BCUT2D eigenvalue weighted by Gasteiger charge is 2.23. The highest BCUT2D eigenvalue weighted by atomic mass is 79.9. The number of aromatic amines is 1. The Bertz CT molecular complexity index is 844. The Hall–Kier alpha value is -1.03. The lowest BCUT2D eigenvalue weighted by atomic mass is 10.3. The molecule has 6 nitrogen and oxygen atoms in total. The van der Waals surface area contributed by atoms with Gasteiger partial charge in [-0.05, 0) is 35.0 Å². The van der Waals surface area contributed by atoms with Crippen LogP contribution in [0.25, 0.3) is 0 Å². The second-order valence-corrected chi connectivity index (χ2v) is 8.15. The van der Waals surface area contributed by atoms with Gasteiger partial charge < -0.3 is 9.72 Å². The number of anilines is 1. The predicted octanol–water partition coefficient (Wildman–Crippen LogP) is 2.97. The largest absolute Gasteiger partial charge is 0.493 e. The number of sulfonamides is 1. The van der Waals surface area contributed by atoms with E-state index in [0.717, 1.165) is 0 Å². The maximum absolute atomic E-state index is 12.4. The van der Waals surface area contributed by atoms with Crippen molar-refractivity contribution in [3.05, 3.63) is 37.0 Å². The van der Waals surface area contributed by atoms with E-state index in [0.29, 0.717) is 26.6 Å². The fourth-order valence-corrected chi connectivity index (χ4v) is 5.01. The second kappa shape index (κ2) is 5.99. The molecule has 0 saturated carbocycles. The van der Waals surface area contributed by atoms with Crippen molar-refractivity contribution in [1.29, 1.82) is 0 Å². The van der Waals surface area contributed by atoms with E-state index in [4.69, 9.17) is 16.3 Å². The van der Waals surface area contributed by atoms with Crippen LogP contribution in [0.3, 0.4) is 0 Å². The van der Waals surface area contributed by atoms with Crippen LogP contribution in [0.4, 0.5) is 5.69 Å². The van der Waals surface area contributed by atoms with Crippen molar-refractivity contribution in [1.82, 2.24) is 4.98 Å². The molecule has 0 bridgehead atoms. The van der Waals surface area contributed by atoms with E-state index in [9.17, 15) is 13.2 Å². The average Bonchev–Trinajstić information content (AvgIpc) is 2.68. The summed E-state index contributed by atoms with van der Waals surface area (Å²) >= 11 is 9.77. The van der Waals surface area contributed by atoms with Crippen molar-refractivity contribution in [3.8, 4) is 5.75 Å². The summed E-state index contributed by atoms with van der Waals surface area (Å²) in [4.78, 5) is 13.2. The Balaban J connectivity index is 2.51. The van der Waals surface area contributed by atoms with Crippen LogP contribution in [-0.2, 0) is 10.0 Å². The molecule has 0 fully saturated rings. The topological polar surface area (TPSA) is 88.3 Å². The first-order chi connectivity index (χ1) is 9.74. The van der Waals surface area contributed by atoms with E-state index >= 15 is 0 Å². The molecule has 0 saturated heterocycles. The third kappa shape index (κ3) is 3.42. The molecule has 114 valence electrons. The monoisotopic (exact) mass is 412 g/mol. The number of halogens is 2. The maximum atomic E-state index is 12.4. The van der Waals surface area contributed by atoms with Crippen LogP contribution < -0.4 is 14.3 Å². The molecule has 0 unspecified atom stereocenters. The van der Waals surface area contributed by atoms with Gasteiger partial charge in [0, 0.05) is 10.7 Å². The van der Waals surface area contributed by atoms with Crippen LogP contribution in [0.1, 0.15) is 5.69 Å². The first-order valence-electron chi connectivity index (χ1n) is 5.50. The molecule has 0 atom stereocenters. The molecule has 0 amide bonds. The highest BCUT2D eigenvalue weighted by molar-refractivity contribution is 9.10. The number of benzene rings is 1. The molecule has 0 aliphatic carbocycles. The number of thiazole rings is 1. The summed E-state index contributed by atoms with van der Waals surface area (Å²) in [5.74, 6) is 0.295. The lowest BCUT2D eigenvalue weighted by Crippen LogP contribution is -2.13. The average molecular weight is 414 g/mol. The molecule has 0 radical (unpaired) electrons. The van der Waals surface area contributed by atoms with Gasteiger partial charge in [-0.1, -0.05) is 22.9 Å². The zero-order valence-electron chi connectivity index (χ0n) is 10.9. The molecule has 21 heavy (non-hydrogen) atoms. The second-order valence-electron chi connectivity index (χ2n) is 4.00. The minimum absolute atomic E-state index is 0.0781. The fraction of sp³-hybridized carbons (Fsp3) is 0.182. The number of rotatable bonds is 4. The van der Waals surface area contributed by atoms with E-state index in [1.54, 1.807) is 6.07 Å². The normalized spacial score (nSPS) is 11.4. The summed E-state index contributed by atoms with van der Waals surface area (Å²) in [7, 11) is -2.50. The molecular formula is C11H10BrClN2O4S2. The number of methoxy groups -OCH3 is 1. The van der Waals surface area contributed by atoms with Gasteiger partial charge in [0.25, 0.3) is 10.0 Å². The van der Waals surface area contributed by atoms with Crippen LogP contribution in [0, 0.1) is 6.92 Å². The van der Waals surface area contributed by atoms with Gasteiger partial charge in [-0.3, -0.25) is 9.52 Å². The fourth-order valence-electron chi connectivity index (χ4n) is 1.68. The minimum atomic E-state index is -3.91. The SMILES string of the molecule is COc1c(Br)cc(Cl)cc1NS(=O)(=O)c1sc(=O)[nH]c1C. The van der Waals surface area contributed by atoms with E-state index in [-0.39, 0.29) is 15.6 Å². The van der Waals surface area contributed by atoms with Gasteiger partial charge in [-0.2, -0.15) is 0 Å². The van der Waals surface area contributed by atoms with Crippen molar-refractivity contribution < 1.29 is 13.2 Å². The Morgan fingerprint density at radius 1 is 1.43 bits per heavy atom. The zero-order valence-corrected chi connectivity index (χ0v) is 14.8. The summed E-state index contributed by atoms with van der Waals surface area (Å²) in [6, 6.07) is 3.01. The van der Waals surface area contributed by atoms with Gasteiger partial charge in [0.1, 0.15) is 0 Å². The van der Waals surface area contributed by atoms with Crippen molar-refractivity contribution in [2.45, 2.75) is 11.1 Å². The third-order valence-electron chi connectivity index (χ3n) is 2.48. The van der Waals surface area contributed by atoms with Gasteiger partial charge in [0.05, 0.1) is 17.3 Å². The van der Waals surface area contributed by atoms with Gasteiger partial charge in [0.15, 0.2) is 9.96 Å². The molecule has 1 aromatic heterocycles. The molecular weight excluding hydrogens is 404 g/mol. The molecule has 2 rings (SSSR count).